The third kappa shape index (κ3) is 3.62. The molecule has 0 radical (unpaired) electrons. The van der Waals surface area contributed by atoms with E-state index >= 15 is 0 Å². The highest BCUT2D eigenvalue weighted by atomic mass is 32.1. The minimum atomic E-state index is -0.669. The molecule has 0 spiro atoms. The smallest absolute Gasteiger partial charge is 0.233 e. The Balaban J connectivity index is 1.68. The molecule has 1 unspecified atom stereocenters. The molecule has 1 saturated heterocycles. The van der Waals surface area contributed by atoms with Crippen LogP contribution in [0.5, 0.6) is 0 Å². The van der Waals surface area contributed by atoms with E-state index in [4.69, 9.17) is 4.98 Å². The molecule has 27 heavy (non-hydrogen) atoms. The number of aliphatic hydroxyl groups is 1. The number of piperidine rings is 1. The van der Waals surface area contributed by atoms with E-state index in [-0.39, 0.29) is 12.0 Å². The number of carbonyl (C=O) groups excluding carboxylic acids is 1. The number of fused-ring (bicyclic) bond motifs is 1. The van der Waals surface area contributed by atoms with Crippen molar-refractivity contribution < 1.29 is 9.90 Å². The lowest BCUT2D eigenvalue weighted by atomic mass is 9.78. The van der Waals surface area contributed by atoms with Crippen LogP contribution >= 0.6 is 11.3 Å². The van der Waals surface area contributed by atoms with Gasteiger partial charge in [0.15, 0.2) is 0 Å². The van der Waals surface area contributed by atoms with Gasteiger partial charge in [-0.15, -0.1) is 11.3 Å². The molecule has 0 saturated carbocycles. The average Bonchev–Trinajstić information content (AvgIpc) is 3.10. The third-order valence-corrected chi connectivity index (χ3v) is 6.51. The molecule has 0 aliphatic carbocycles. The van der Waals surface area contributed by atoms with Gasteiger partial charge in [-0.3, -0.25) is 4.79 Å². The van der Waals surface area contributed by atoms with Crippen molar-refractivity contribution in [2.45, 2.75) is 37.7 Å². The van der Waals surface area contributed by atoms with Crippen LogP contribution in [0.15, 0.2) is 54.6 Å². The summed E-state index contributed by atoms with van der Waals surface area (Å²) in [5.74, 6) is 0.125. The van der Waals surface area contributed by atoms with Crippen LogP contribution in [0.4, 0.5) is 0 Å². The van der Waals surface area contributed by atoms with Crippen molar-refractivity contribution in [1.29, 1.82) is 0 Å². The van der Waals surface area contributed by atoms with Crippen molar-refractivity contribution in [3.05, 3.63) is 65.2 Å². The van der Waals surface area contributed by atoms with Crippen molar-refractivity contribution >= 4 is 27.5 Å². The summed E-state index contributed by atoms with van der Waals surface area (Å²) in [4.78, 5) is 20.2. The molecule has 1 aliphatic heterocycles. The first kappa shape index (κ1) is 18.1. The molecule has 2 heterocycles. The van der Waals surface area contributed by atoms with Gasteiger partial charge in [0, 0.05) is 19.5 Å². The number of aromatic nitrogens is 1. The minimum Gasteiger partial charge on any atom is -0.393 e. The molecule has 1 atom stereocenters. The number of rotatable bonds is 4. The SMILES string of the molecule is CC(Cc1nc2ccccc2s1)(C(=O)N1CCC(O)CC1)c1ccccc1. The fourth-order valence-corrected chi connectivity index (χ4v) is 4.95. The first-order chi connectivity index (χ1) is 13.1. The molecule has 3 aromatic rings. The van der Waals surface area contributed by atoms with Crippen molar-refractivity contribution in [3.8, 4) is 0 Å². The van der Waals surface area contributed by atoms with Crippen LogP contribution in [0.3, 0.4) is 0 Å². The van der Waals surface area contributed by atoms with E-state index < -0.39 is 5.41 Å². The van der Waals surface area contributed by atoms with Crippen LogP contribution in [-0.4, -0.2) is 40.1 Å². The summed E-state index contributed by atoms with van der Waals surface area (Å²) in [6.07, 6.45) is 1.59. The highest BCUT2D eigenvalue weighted by Crippen LogP contribution is 2.34. The van der Waals surface area contributed by atoms with Gasteiger partial charge in [-0.25, -0.2) is 4.98 Å². The lowest BCUT2D eigenvalue weighted by molar-refractivity contribution is -0.139. The lowest BCUT2D eigenvalue weighted by Crippen LogP contribution is -2.50. The summed E-state index contributed by atoms with van der Waals surface area (Å²) in [5.41, 5.74) is 1.33. The predicted octanol–water partition coefficient (Wildman–Crippen LogP) is 3.78. The maximum Gasteiger partial charge on any atom is 0.233 e. The van der Waals surface area contributed by atoms with Gasteiger partial charge in [0.05, 0.1) is 26.7 Å². The Morgan fingerprint density at radius 2 is 1.81 bits per heavy atom. The van der Waals surface area contributed by atoms with Gasteiger partial charge in [0.25, 0.3) is 0 Å². The average molecular weight is 381 g/mol. The Labute approximate surface area is 163 Å². The van der Waals surface area contributed by atoms with Crippen molar-refractivity contribution in [2.24, 2.45) is 0 Å². The molecule has 5 heteroatoms. The molecule has 1 aliphatic rings. The van der Waals surface area contributed by atoms with Gasteiger partial charge in [0.1, 0.15) is 0 Å². The second-order valence-corrected chi connectivity index (χ2v) is 8.59. The van der Waals surface area contributed by atoms with E-state index in [0.717, 1.165) is 20.8 Å². The second-order valence-electron chi connectivity index (χ2n) is 7.47. The van der Waals surface area contributed by atoms with Gasteiger partial charge in [-0.2, -0.15) is 0 Å². The maximum atomic E-state index is 13.6. The molecule has 4 nitrogen and oxygen atoms in total. The number of benzene rings is 2. The third-order valence-electron chi connectivity index (χ3n) is 5.48. The van der Waals surface area contributed by atoms with Crippen molar-refractivity contribution in [3.63, 3.8) is 0 Å². The summed E-state index contributed by atoms with van der Waals surface area (Å²) >= 11 is 1.66. The predicted molar refractivity (Wildman–Crippen MR) is 109 cm³/mol. The topological polar surface area (TPSA) is 53.4 Å². The summed E-state index contributed by atoms with van der Waals surface area (Å²) < 4.78 is 1.15. The Morgan fingerprint density at radius 1 is 1.15 bits per heavy atom. The van der Waals surface area contributed by atoms with Crippen LogP contribution < -0.4 is 0 Å². The van der Waals surface area contributed by atoms with Crippen molar-refractivity contribution in [2.75, 3.05) is 13.1 Å². The maximum absolute atomic E-state index is 13.6. The lowest BCUT2D eigenvalue weighted by Gasteiger charge is -2.37. The highest BCUT2D eigenvalue weighted by molar-refractivity contribution is 7.18. The summed E-state index contributed by atoms with van der Waals surface area (Å²) in [5, 5.41) is 10.8. The molecule has 1 fully saturated rings. The summed E-state index contributed by atoms with van der Waals surface area (Å²) in [6, 6.07) is 18.1. The van der Waals surface area contributed by atoms with E-state index in [9.17, 15) is 9.90 Å². The molecule has 0 bridgehead atoms. The van der Waals surface area contributed by atoms with Crippen LogP contribution in [-0.2, 0) is 16.6 Å². The van der Waals surface area contributed by atoms with Gasteiger partial charge in [-0.1, -0.05) is 42.5 Å². The summed E-state index contributed by atoms with van der Waals surface area (Å²) in [7, 11) is 0. The Kier molecular flexibility index (Phi) is 4.98. The van der Waals surface area contributed by atoms with Crippen LogP contribution in [0.2, 0.25) is 0 Å². The van der Waals surface area contributed by atoms with E-state index in [0.29, 0.717) is 32.4 Å². The second kappa shape index (κ2) is 7.41. The Bertz CT molecular complexity index is 899. The zero-order chi connectivity index (χ0) is 18.9. The van der Waals surface area contributed by atoms with E-state index in [1.54, 1.807) is 11.3 Å². The number of hydrogen-bond donors (Lipinski definition) is 1. The number of para-hydroxylation sites is 1. The highest BCUT2D eigenvalue weighted by Gasteiger charge is 2.40. The number of thiazole rings is 1. The Morgan fingerprint density at radius 3 is 2.52 bits per heavy atom. The number of nitrogens with zero attached hydrogens (tertiary/aromatic N) is 2. The molecular formula is C22H24N2O2S. The number of aliphatic hydroxyl groups excluding tert-OH is 1. The largest absolute Gasteiger partial charge is 0.393 e. The van der Waals surface area contributed by atoms with Gasteiger partial charge in [-0.05, 0) is 37.5 Å². The fraction of sp³-hybridized carbons (Fsp3) is 0.364. The van der Waals surface area contributed by atoms with Crippen LogP contribution in [0.1, 0.15) is 30.3 Å². The number of carbonyl (C=O) groups is 1. The van der Waals surface area contributed by atoms with E-state index in [2.05, 4.69) is 6.07 Å². The molecular weight excluding hydrogens is 356 g/mol. The van der Waals surface area contributed by atoms with E-state index in [1.807, 2.05) is 60.4 Å². The standard InChI is InChI=1S/C22H24N2O2S/c1-22(16-7-3-2-4-8-16,21(26)24-13-11-17(25)12-14-24)15-20-23-18-9-5-6-10-19(18)27-20/h2-10,17,25H,11-15H2,1H3. The Hall–Kier alpha value is -2.24. The molecule has 1 amide bonds. The number of amides is 1. The molecule has 2 aromatic carbocycles. The number of hydrogen-bond acceptors (Lipinski definition) is 4. The van der Waals surface area contributed by atoms with Crippen LogP contribution in [0.25, 0.3) is 10.2 Å². The van der Waals surface area contributed by atoms with Gasteiger partial charge >= 0.3 is 0 Å². The first-order valence-corrected chi connectivity index (χ1v) is 10.3. The van der Waals surface area contributed by atoms with Crippen LogP contribution in [0, 0.1) is 0 Å². The normalized spacial score (nSPS) is 17.8. The molecule has 1 aromatic heterocycles. The molecule has 1 N–H and O–H groups in total. The van der Waals surface area contributed by atoms with Gasteiger partial charge < -0.3 is 10.0 Å². The summed E-state index contributed by atoms with van der Waals surface area (Å²) in [6.45, 7) is 3.26. The quantitative estimate of drug-likeness (QED) is 0.749. The fourth-order valence-electron chi connectivity index (χ4n) is 3.82. The molecule has 4 rings (SSSR count). The first-order valence-electron chi connectivity index (χ1n) is 9.44. The monoisotopic (exact) mass is 380 g/mol. The zero-order valence-corrected chi connectivity index (χ0v) is 16.3. The minimum absolute atomic E-state index is 0.125. The van der Waals surface area contributed by atoms with Crippen molar-refractivity contribution in [1.82, 2.24) is 9.88 Å². The van der Waals surface area contributed by atoms with E-state index in [1.165, 1.54) is 0 Å². The molecule has 140 valence electrons. The zero-order valence-electron chi connectivity index (χ0n) is 15.5. The number of likely N-dealkylation sites (tertiary alicyclic amines) is 1. The van der Waals surface area contributed by atoms with Gasteiger partial charge in [0.2, 0.25) is 5.91 Å².